The van der Waals surface area contributed by atoms with Gasteiger partial charge in [0.05, 0.1) is 5.56 Å². The molecule has 0 unspecified atom stereocenters. The lowest BCUT2D eigenvalue weighted by molar-refractivity contribution is -0.130. The second-order valence-corrected chi connectivity index (χ2v) is 8.05. The molecule has 2 amide bonds. The van der Waals surface area contributed by atoms with E-state index in [9.17, 15) is 18.8 Å². The van der Waals surface area contributed by atoms with Gasteiger partial charge in [0.2, 0.25) is 5.91 Å². The van der Waals surface area contributed by atoms with Crippen molar-refractivity contribution in [3.05, 3.63) is 69.9 Å². The van der Waals surface area contributed by atoms with E-state index in [1.165, 1.54) is 35.0 Å². The molecular weight excluding hydrogens is 373 g/mol. The molecule has 1 aromatic heterocycles. The van der Waals surface area contributed by atoms with Crippen LogP contribution < -0.4 is 10.9 Å². The number of pyridine rings is 1. The van der Waals surface area contributed by atoms with Crippen LogP contribution in [0.2, 0.25) is 0 Å². The van der Waals surface area contributed by atoms with Gasteiger partial charge in [0.25, 0.3) is 11.5 Å². The molecule has 0 saturated carbocycles. The van der Waals surface area contributed by atoms with Gasteiger partial charge in [-0.3, -0.25) is 14.4 Å². The Hall–Kier alpha value is -2.96. The van der Waals surface area contributed by atoms with Crippen molar-refractivity contribution in [1.29, 1.82) is 0 Å². The summed E-state index contributed by atoms with van der Waals surface area (Å²) in [5, 5.41) is 2.84. The van der Waals surface area contributed by atoms with E-state index < -0.39 is 5.41 Å². The van der Waals surface area contributed by atoms with Crippen LogP contribution in [0.15, 0.2) is 47.4 Å². The topological polar surface area (TPSA) is 71.4 Å². The average molecular weight is 399 g/mol. The second-order valence-electron chi connectivity index (χ2n) is 8.05. The zero-order chi connectivity index (χ0) is 21.0. The number of hydrogen-bond donors (Lipinski definition) is 1. The minimum absolute atomic E-state index is 0.0747. The summed E-state index contributed by atoms with van der Waals surface area (Å²) in [5.41, 5.74) is 0.278. The zero-order valence-corrected chi connectivity index (χ0v) is 16.8. The standard InChI is InChI=1S/C22H26FN3O3/c1-22(2,17-6-5-7-18(23)12-17)15-24-21(29)16-8-9-19(27)26(13-16)14-20(28)25-10-3-4-11-25/h5-9,12-13H,3-4,10-11,14-15H2,1-2H3,(H,24,29). The van der Waals surface area contributed by atoms with E-state index in [1.807, 2.05) is 19.9 Å². The molecule has 1 N–H and O–H groups in total. The summed E-state index contributed by atoms with van der Waals surface area (Å²) in [6, 6.07) is 9.04. The van der Waals surface area contributed by atoms with Crippen LogP contribution in [-0.4, -0.2) is 40.9 Å². The Labute approximate surface area is 169 Å². The molecule has 6 nitrogen and oxygen atoms in total. The fourth-order valence-electron chi connectivity index (χ4n) is 3.42. The van der Waals surface area contributed by atoms with Crippen LogP contribution in [0.25, 0.3) is 0 Å². The van der Waals surface area contributed by atoms with Crippen LogP contribution >= 0.6 is 0 Å². The van der Waals surface area contributed by atoms with Crippen LogP contribution in [0.5, 0.6) is 0 Å². The minimum Gasteiger partial charge on any atom is -0.351 e. The molecule has 2 aromatic rings. The smallest absolute Gasteiger partial charge is 0.252 e. The number of amides is 2. The highest BCUT2D eigenvalue weighted by molar-refractivity contribution is 5.94. The third-order valence-electron chi connectivity index (χ3n) is 5.31. The number of halogens is 1. The van der Waals surface area contributed by atoms with Gasteiger partial charge in [0.1, 0.15) is 12.4 Å². The number of nitrogens with one attached hydrogen (secondary N) is 1. The maximum Gasteiger partial charge on any atom is 0.252 e. The quantitative estimate of drug-likeness (QED) is 0.810. The molecule has 1 fully saturated rings. The Bertz CT molecular complexity index is 962. The first-order valence-electron chi connectivity index (χ1n) is 9.79. The lowest BCUT2D eigenvalue weighted by Crippen LogP contribution is -2.38. The molecule has 2 heterocycles. The van der Waals surface area contributed by atoms with Gasteiger partial charge in [0.15, 0.2) is 0 Å². The predicted molar refractivity (Wildman–Crippen MR) is 108 cm³/mol. The maximum atomic E-state index is 13.5. The van der Waals surface area contributed by atoms with Crippen molar-refractivity contribution in [3.8, 4) is 0 Å². The molecule has 1 aliphatic heterocycles. The van der Waals surface area contributed by atoms with E-state index in [4.69, 9.17) is 0 Å². The van der Waals surface area contributed by atoms with E-state index in [1.54, 1.807) is 11.0 Å². The Morgan fingerprint density at radius 2 is 1.86 bits per heavy atom. The van der Waals surface area contributed by atoms with Crippen LogP contribution in [0, 0.1) is 5.82 Å². The largest absolute Gasteiger partial charge is 0.351 e. The number of carbonyl (C=O) groups excluding carboxylic acids is 2. The summed E-state index contributed by atoms with van der Waals surface area (Å²) in [6.07, 6.45) is 3.37. The zero-order valence-electron chi connectivity index (χ0n) is 16.8. The van der Waals surface area contributed by atoms with E-state index in [0.717, 1.165) is 18.4 Å². The van der Waals surface area contributed by atoms with Gasteiger partial charge in [-0.1, -0.05) is 26.0 Å². The molecule has 3 rings (SSSR count). The van der Waals surface area contributed by atoms with Crippen molar-refractivity contribution in [1.82, 2.24) is 14.8 Å². The van der Waals surface area contributed by atoms with Gasteiger partial charge in [-0.15, -0.1) is 0 Å². The van der Waals surface area contributed by atoms with Crippen LogP contribution in [0.4, 0.5) is 4.39 Å². The van der Waals surface area contributed by atoms with Crippen LogP contribution in [0.3, 0.4) is 0 Å². The average Bonchev–Trinajstić information content (AvgIpc) is 3.23. The van der Waals surface area contributed by atoms with Crippen molar-refractivity contribution in [2.45, 2.75) is 38.6 Å². The fraction of sp³-hybridized carbons (Fsp3) is 0.409. The van der Waals surface area contributed by atoms with Gasteiger partial charge >= 0.3 is 0 Å². The summed E-state index contributed by atoms with van der Waals surface area (Å²) in [6.45, 7) is 5.47. The van der Waals surface area contributed by atoms with E-state index >= 15 is 0 Å². The first kappa shape index (κ1) is 20.8. The van der Waals surface area contributed by atoms with Crippen molar-refractivity contribution in [2.24, 2.45) is 0 Å². The van der Waals surface area contributed by atoms with Gasteiger partial charge < -0.3 is 14.8 Å². The molecular formula is C22H26FN3O3. The number of hydrogen-bond acceptors (Lipinski definition) is 3. The van der Waals surface area contributed by atoms with Gasteiger partial charge in [-0.2, -0.15) is 0 Å². The van der Waals surface area contributed by atoms with Gasteiger partial charge in [0, 0.05) is 37.3 Å². The molecule has 0 spiro atoms. The predicted octanol–water partition coefficient (Wildman–Crippen LogP) is 2.32. The summed E-state index contributed by atoms with van der Waals surface area (Å²) < 4.78 is 14.8. The molecule has 0 atom stereocenters. The third-order valence-corrected chi connectivity index (χ3v) is 5.31. The highest BCUT2D eigenvalue weighted by atomic mass is 19.1. The lowest BCUT2D eigenvalue weighted by atomic mass is 9.84. The van der Waals surface area contributed by atoms with Crippen molar-refractivity contribution in [2.75, 3.05) is 19.6 Å². The van der Waals surface area contributed by atoms with E-state index in [2.05, 4.69) is 5.32 Å². The summed E-state index contributed by atoms with van der Waals surface area (Å²) in [4.78, 5) is 38.8. The SMILES string of the molecule is CC(C)(CNC(=O)c1ccc(=O)n(CC(=O)N2CCCC2)c1)c1cccc(F)c1. The monoisotopic (exact) mass is 399 g/mol. The first-order valence-corrected chi connectivity index (χ1v) is 9.79. The minimum atomic E-state index is -0.474. The highest BCUT2D eigenvalue weighted by Crippen LogP contribution is 2.23. The van der Waals surface area contributed by atoms with Crippen molar-refractivity contribution >= 4 is 11.8 Å². The molecule has 29 heavy (non-hydrogen) atoms. The first-order chi connectivity index (χ1) is 13.8. The normalized spacial score (nSPS) is 14.1. The Kier molecular flexibility index (Phi) is 6.15. The second kappa shape index (κ2) is 8.59. The Balaban J connectivity index is 1.67. The van der Waals surface area contributed by atoms with Gasteiger partial charge in [-0.25, -0.2) is 4.39 Å². The number of benzene rings is 1. The van der Waals surface area contributed by atoms with Gasteiger partial charge in [-0.05, 0) is 36.6 Å². The molecule has 1 aromatic carbocycles. The number of likely N-dealkylation sites (tertiary alicyclic amines) is 1. The lowest BCUT2D eigenvalue weighted by Gasteiger charge is -2.25. The Morgan fingerprint density at radius 1 is 1.14 bits per heavy atom. The van der Waals surface area contributed by atoms with Crippen LogP contribution in [-0.2, 0) is 16.8 Å². The van der Waals surface area contributed by atoms with Crippen LogP contribution in [0.1, 0.15) is 42.6 Å². The molecule has 0 bridgehead atoms. The third kappa shape index (κ3) is 5.10. The fourth-order valence-corrected chi connectivity index (χ4v) is 3.42. The molecule has 1 aliphatic rings. The molecule has 1 saturated heterocycles. The molecule has 0 aliphatic carbocycles. The summed E-state index contributed by atoms with van der Waals surface area (Å²) in [7, 11) is 0. The summed E-state index contributed by atoms with van der Waals surface area (Å²) in [5.74, 6) is -0.789. The maximum absolute atomic E-state index is 13.5. The van der Waals surface area contributed by atoms with Crippen molar-refractivity contribution in [3.63, 3.8) is 0 Å². The van der Waals surface area contributed by atoms with E-state index in [-0.39, 0.29) is 29.7 Å². The Morgan fingerprint density at radius 3 is 2.55 bits per heavy atom. The molecule has 7 heteroatoms. The number of aromatic nitrogens is 1. The molecule has 154 valence electrons. The number of carbonyl (C=O) groups is 2. The summed E-state index contributed by atoms with van der Waals surface area (Å²) >= 11 is 0. The number of nitrogens with zero attached hydrogens (tertiary/aromatic N) is 2. The van der Waals surface area contributed by atoms with Crippen molar-refractivity contribution < 1.29 is 14.0 Å². The van der Waals surface area contributed by atoms with E-state index in [0.29, 0.717) is 25.2 Å². The number of rotatable bonds is 6. The highest BCUT2D eigenvalue weighted by Gasteiger charge is 2.23. The molecule has 0 radical (unpaired) electrons.